The van der Waals surface area contributed by atoms with Gasteiger partial charge in [-0.3, -0.25) is 9.59 Å². The Bertz CT molecular complexity index is 495. The van der Waals surface area contributed by atoms with Gasteiger partial charge in [0.15, 0.2) is 0 Å². The van der Waals surface area contributed by atoms with Crippen LogP contribution in [0.2, 0.25) is 0 Å². The number of benzene rings is 1. The van der Waals surface area contributed by atoms with Crippen LogP contribution in [0.15, 0.2) is 46.0 Å². The van der Waals surface area contributed by atoms with Crippen molar-refractivity contribution in [1.82, 2.24) is 0 Å². The molecule has 0 saturated heterocycles. The quantitative estimate of drug-likeness (QED) is 0.726. The fourth-order valence-corrected chi connectivity index (χ4v) is 1.24. The highest BCUT2D eigenvalue weighted by Gasteiger charge is 2.07. The van der Waals surface area contributed by atoms with Gasteiger partial charge in [0.2, 0.25) is 10.9 Å². The molecule has 2 rings (SSSR count). The molecule has 2 aromatic carbocycles. The van der Waals surface area contributed by atoms with Crippen molar-refractivity contribution in [2.24, 2.45) is 0 Å². The molecular formula is C11H9NO2. The molecule has 3 heteroatoms. The Kier molecular flexibility index (Phi) is 2.14. The lowest BCUT2D eigenvalue weighted by Crippen LogP contribution is -2.32. The Morgan fingerprint density at radius 1 is 1.07 bits per heavy atom. The highest BCUT2D eigenvalue weighted by atomic mass is 16.2. The average Bonchev–Trinajstić information content (AvgIpc) is 2.25. The van der Waals surface area contributed by atoms with Crippen LogP contribution < -0.4 is 16.2 Å². The Labute approximate surface area is 80.7 Å². The molecule has 3 nitrogen and oxygen atoms in total. The molecule has 1 N–H and O–H groups in total. The highest BCUT2D eigenvalue weighted by molar-refractivity contribution is 5.47. The third-order valence-corrected chi connectivity index (χ3v) is 2.07. The minimum Gasteiger partial charge on any atom is -0.378 e. The average molecular weight is 187 g/mol. The molecule has 0 saturated carbocycles. The first-order valence-corrected chi connectivity index (χ1v) is 4.35. The first kappa shape index (κ1) is 8.69. The van der Waals surface area contributed by atoms with Gasteiger partial charge in [-0.15, -0.1) is 0 Å². The summed E-state index contributed by atoms with van der Waals surface area (Å²) in [4.78, 5) is 21.5. The van der Waals surface area contributed by atoms with Gasteiger partial charge in [0.1, 0.15) is 0 Å². The maximum atomic E-state index is 10.9. The van der Waals surface area contributed by atoms with E-state index in [1.807, 2.05) is 30.3 Å². The number of rotatable bonds is 3. The van der Waals surface area contributed by atoms with Crippen LogP contribution in [-0.2, 0) is 6.54 Å². The number of nitrogens with one attached hydrogen (secondary N) is 1. The van der Waals surface area contributed by atoms with E-state index in [-0.39, 0.29) is 0 Å². The minimum absolute atomic E-state index is 0.416. The zero-order valence-electron chi connectivity index (χ0n) is 7.49. The van der Waals surface area contributed by atoms with Gasteiger partial charge in [0, 0.05) is 12.6 Å². The lowest BCUT2D eigenvalue weighted by Gasteiger charge is -2.05. The second kappa shape index (κ2) is 3.46. The Balaban J connectivity index is 2.00. The van der Waals surface area contributed by atoms with Crippen LogP contribution in [0.3, 0.4) is 0 Å². The second-order valence-electron chi connectivity index (χ2n) is 3.09. The molecular weight excluding hydrogens is 178 g/mol. The Hall–Kier alpha value is -1.90. The fraction of sp³-hybridized carbons (Fsp3) is 0.0909. The summed E-state index contributed by atoms with van der Waals surface area (Å²) in [5.74, 6) is 0. The van der Waals surface area contributed by atoms with E-state index >= 15 is 0 Å². The molecule has 14 heavy (non-hydrogen) atoms. The summed E-state index contributed by atoms with van der Waals surface area (Å²) in [6.07, 6.45) is 0. The molecule has 0 atom stereocenters. The van der Waals surface area contributed by atoms with E-state index in [0.717, 1.165) is 5.56 Å². The monoisotopic (exact) mass is 187 g/mol. The molecule has 0 aromatic heterocycles. The van der Waals surface area contributed by atoms with Crippen molar-refractivity contribution >= 4 is 5.69 Å². The number of anilines is 1. The summed E-state index contributed by atoms with van der Waals surface area (Å²) < 4.78 is 0. The van der Waals surface area contributed by atoms with E-state index < -0.39 is 10.9 Å². The summed E-state index contributed by atoms with van der Waals surface area (Å²) in [6.45, 7) is 0.575. The molecule has 0 spiro atoms. The predicted molar refractivity (Wildman–Crippen MR) is 55.1 cm³/mol. The topological polar surface area (TPSA) is 46.2 Å². The maximum absolute atomic E-state index is 10.9. The SMILES string of the molecule is O=c1cc(NCc2ccccc2)c1=O. The molecule has 2 aromatic rings. The van der Waals surface area contributed by atoms with Gasteiger partial charge in [0.25, 0.3) is 0 Å². The van der Waals surface area contributed by atoms with Crippen LogP contribution in [0.4, 0.5) is 5.69 Å². The van der Waals surface area contributed by atoms with Gasteiger partial charge in [-0.1, -0.05) is 30.3 Å². The molecule has 0 fully saturated rings. The van der Waals surface area contributed by atoms with Crippen molar-refractivity contribution in [3.63, 3.8) is 0 Å². The van der Waals surface area contributed by atoms with Crippen LogP contribution in [-0.4, -0.2) is 0 Å². The van der Waals surface area contributed by atoms with Crippen molar-refractivity contribution < 1.29 is 0 Å². The molecule has 0 heterocycles. The smallest absolute Gasteiger partial charge is 0.248 e. The van der Waals surface area contributed by atoms with Crippen LogP contribution in [0, 0.1) is 0 Å². The Morgan fingerprint density at radius 3 is 2.36 bits per heavy atom. The molecule has 0 aliphatic heterocycles. The normalized spacial score (nSPS) is 10.3. The standard InChI is InChI=1S/C11H9NO2/c13-10-6-9(11(10)14)12-7-8-4-2-1-3-5-8/h1-6,12H,7H2. The fourth-order valence-electron chi connectivity index (χ4n) is 1.24. The summed E-state index contributed by atoms with van der Waals surface area (Å²) in [5.41, 5.74) is 0.667. The predicted octanol–water partition coefficient (Wildman–Crippen LogP) is 0.895. The van der Waals surface area contributed by atoms with Gasteiger partial charge < -0.3 is 5.32 Å². The van der Waals surface area contributed by atoms with E-state index in [2.05, 4.69) is 5.32 Å². The van der Waals surface area contributed by atoms with Gasteiger partial charge in [-0.2, -0.15) is 0 Å². The van der Waals surface area contributed by atoms with E-state index in [1.165, 1.54) is 6.07 Å². The summed E-state index contributed by atoms with van der Waals surface area (Å²) >= 11 is 0. The van der Waals surface area contributed by atoms with E-state index in [4.69, 9.17) is 0 Å². The first-order chi connectivity index (χ1) is 6.77. The molecule has 0 aliphatic carbocycles. The molecule has 0 bridgehead atoms. The van der Waals surface area contributed by atoms with Crippen molar-refractivity contribution in [3.8, 4) is 0 Å². The van der Waals surface area contributed by atoms with Crippen LogP contribution >= 0.6 is 0 Å². The third kappa shape index (κ3) is 1.57. The Morgan fingerprint density at radius 2 is 1.79 bits per heavy atom. The van der Waals surface area contributed by atoms with Gasteiger partial charge >= 0.3 is 0 Å². The summed E-state index contributed by atoms with van der Waals surface area (Å²) in [7, 11) is 0. The van der Waals surface area contributed by atoms with E-state index in [0.29, 0.717) is 12.2 Å². The van der Waals surface area contributed by atoms with Gasteiger partial charge in [0.05, 0.1) is 5.69 Å². The number of hydrogen-bond acceptors (Lipinski definition) is 3. The van der Waals surface area contributed by atoms with Crippen LogP contribution in [0.1, 0.15) is 5.56 Å². The van der Waals surface area contributed by atoms with Crippen molar-refractivity contribution in [2.45, 2.75) is 6.54 Å². The number of hydrogen-bond donors (Lipinski definition) is 1. The highest BCUT2D eigenvalue weighted by Crippen LogP contribution is 2.02. The largest absolute Gasteiger partial charge is 0.378 e. The lowest BCUT2D eigenvalue weighted by atomic mass is 10.2. The lowest BCUT2D eigenvalue weighted by molar-refractivity contribution is 1.13. The molecule has 0 unspecified atom stereocenters. The van der Waals surface area contributed by atoms with Crippen molar-refractivity contribution in [3.05, 3.63) is 62.4 Å². The molecule has 0 amide bonds. The first-order valence-electron chi connectivity index (χ1n) is 4.35. The van der Waals surface area contributed by atoms with Crippen molar-refractivity contribution in [2.75, 3.05) is 5.32 Å². The molecule has 70 valence electrons. The van der Waals surface area contributed by atoms with Gasteiger partial charge in [-0.25, -0.2) is 0 Å². The van der Waals surface area contributed by atoms with E-state index in [9.17, 15) is 9.59 Å². The summed E-state index contributed by atoms with van der Waals surface area (Å²) in [6, 6.07) is 11.0. The molecule has 0 radical (unpaired) electrons. The minimum atomic E-state index is -0.416. The summed E-state index contributed by atoms with van der Waals surface area (Å²) in [5, 5.41) is 2.91. The van der Waals surface area contributed by atoms with Crippen LogP contribution in [0.25, 0.3) is 0 Å². The van der Waals surface area contributed by atoms with Crippen LogP contribution in [0.5, 0.6) is 0 Å². The molecule has 0 aliphatic rings. The second-order valence-corrected chi connectivity index (χ2v) is 3.09. The maximum Gasteiger partial charge on any atom is 0.248 e. The zero-order chi connectivity index (χ0) is 9.97. The van der Waals surface area contributed by atoms with Gasteiger partial charge in [-0.05, 0) is 5.56 Å². The van der Waals surface area contributed by atoms with Crippen molar-refractivity contribution in [1.29, 1.82) is 0 Å². The zero-order valence-corrected chi connectivity index (χ0v) is 7.49. The third-order valence-electron chi connectivity index (χ3n) is 2.07. The van der Waals surface area contributed by atoms with E-state index in [1.54, 1.807) is 0 Å².